The second kappa shape index (κ2) is 6.73. The van der Waals surface area contributed by atoms with E-state index in [0.717, 1.165) is 22.2 Å². The zero-order valence-electron chi connectivity index (χ0n) is 15.4. The average molecular weight is 356 g/mol. The minimum Gasteiger partial charge on any atom is -0.330 e. The van der Waals surface area contributed by atoms with Crippen molar-refractivity contribution in [2.24, 2.45) is 11.0 Å². The van der Waals surface area contributed by atoms with Gasteiger partial charge in [0, 0.05) is 10.9 Å². The molecule has 3 aromatic rings. The molecule has 27 heavy (non-hydrogen) atoms. The van der Waals surface area contributed by atoms with Gasteiger partial charge >= 0.3 is 0 Å². The molecule has 2 heterocycles. The van der Waals surface area contributed by atoms with Gasteiger partial charge in [0.15, 0.2) is 0 Å². The van der Waals surface area contributed by atoms with E-state index in [2.05, 4.69) is 11.2 Å². The third-order valence-electron chi connectivity index (χ3n) is 4.87. The summed E-state index contributed by atoms with van der Waals surface area (Å²) in [6, 6.07) is 20.2. The predicted molar refractivity (Wildman–Crippen MR) is 105 cm³/mol. The molecule has 0 spiro atoms. The van der Waals surface area contributed by atoms with Crippen molar-refractivity contribution in [2.75, 3.05) is 6.54 Å². The molecule has 0 bridgehead atoms. The van der Waals surface area contributed by atoms with Crippen LogP contribution in [0.1, 0.15) is 28.5 Å². The van der Waals surface area contributed by atoms with E-state index in [1.807, 2.05) is 66.1 Å². The van der Waals surface area contributed by atoms with E-state index in [1.54, 1.807) is 6.92 Å². The Balaban J connectivity index is 1.87. The molecule has 0 radical (unpaired) electrons. The van der Waals surface area contributed by atoms with Crippen LogP contribution in [0.2, 0.25) is 0 Å². The fraction of sp³-hybridized carbons (Fsp3) is 0.227. The van der Waals surface area contributed by atoms with Crippen molar-refractivity contribution in [1.29, 1.82) is 5.26 Å². The number of para-hydroxylation sites is 1. The normalized spacial score (nSPS) is 15.1. The van der Waals surface area contributed by atoms with Crippen LogP contribution < -0.4 is 0 Å². The van der Waals surface area contributed by atoms with Crippen LogP contribution in [0.5, 0.6) is 0 Å². The van der Waals surface area contributed by atoms with Crippen molar-refractivity contribution in [3.8, 4) is 6.07 Å². The van der Waals surface area contributed by atoms with Gasteiger partial charge in [0.25, 0.3) is 5.91 Å². The van der Waals surface area contributed by atoms with Gasteiger partial charge in [-0.05, 0) is 31.5 Å². The number of rotatable bonds is 3. The molecule has 0 N–H and O–H groups in total. The number of hydrogen-bond donors (Lipinski definition) is 0. The van der Waals surface area contributed by atoms with Gasteiger partial charge in [-0.3, -0.25) is 4.79 Å². The molecular formula is C22H20N4O. The topological polar surface area (TPSA) is 61.4 Å². The van der Waals surface area contributed by atoms with Crippen molar-refractivity contribution in [1.82, 2.24) is 9.58 Å². The summed E-state index contributed by atoms with van der Waals surface area (Å²) >= 11 is 0. The number of aryl methyl sites for hydroxylation is 1. The second-order valence-corrected chi connectivity index (χ2v) is 7.00. The number of aromatic nitrogens is 1. The molecule has 134 valence electrons. The first-order valence-electron chi connectivity index (χ1n) is 9.01. The Hall–Kier alpha value is -3.39. The molecular weight excluding hydrogens is 336 g/mol. The SMILES string of the molecule is Cc1ccc(C2=NN(C[C@@H](C)C#N)C(=O)c3cc4ccccc4n3C2)cc1. The molecule has 1 atom stereocenters. The van der Waals surface area contributed by atoms with Crippen LogP contribution in [0.15, 0.2) is 59.7 Å². The number of nitrogens with zero attached hydrogens (tertiary/aromatic N) is 4. The average Bonchev–Trinajstić information content (AvgIpc) is 2.99. The first-order chi connectivity index (χ1) is 13.1. The lowest BCUT2D eigenvalue weighted by Crippen LogP contribution is -2.30. The smallest absolute Gasteiger partial charge is 0.290 e. The molecule has 5 nitrogen and oxygen atoms in total. The highest BCUT2D eigenvalue weighted by atomic mass is 16.2. The summed E-state index contributed by atoms with van der Waals surface area (Å²) in [5.41, 5.74) is 4.58. The molecule has 1 aromatic heterocycles. The fourth-order valence-corrected chi connectivity index (χ4v) is 3.38. The summed E-state index contributed by atoms with van der Waals surface area (Å²) in [5.74, 6) is -0.469. The predicted octanol–water partition coefficient (Wildman–Crippen LogP) is 3.97. The van der Waals surface area contributed by atoms with Crippen molar-refractivity contribution < 1.29 is 4.79 Å². The Morgan fingerprint density at radius 2 is 1.93 bits per heavy atom. The Morgan fingerprint density at radius 3 is 2.67 bits per heavy atom. The van der Waals surface area contributed by atoms with Crippen LogP contribution in [0.3, 0.4) is 0 Å². The second-order valence-electron chi connectivity index (χ2n) is 7.00. The standard InChI is InChI=1S/C22H20N4O/c1-15-7-9-17(10-8-15)19-14-25-20-6-4-3-5-18(20)11-21(25)22(27)26(24-19)13-16(2)12-23/h3-11,16H,13-14H2,1-2H3/t16-/m0/s1. The molecule has 5 heteroatoms. The minimum absolute atomic E-state index is 0.171. The largest absolute Gasteiger partial charge is 0.330 e. The summed E-state index contributed by atoms with van der Waals surface area (Å²) < 4.78 is 2.02. The molecule has 1 aliphatic rings. The van der Waals surface area contributed by atoms with Gasteiger partial charge in [0.1, 0.15) is 5.69 Å². The quantitative estimate of drug-likeness (QED) is 0.713. The molecule has 4 rings (SSSR count). The van der Waals surface area contributed by atoms with Gasteiger partial charge in [-0.2, -0.15) is 10.4 Å². The zero-order chi connectivity index (χ0) is 19.0. The van der Waals surface area contributed by atoms with Crippen molar-refractivity contribution in [2.45, 2.75) is 20.4 Å². The molecule has 0 fully saturated rings. The Labute approximate surface area is 158 Å². The molecule has 0 saturated heterocycles. The lowest BCUT2D eigenvalue weighted by Gasteiger charge is -2.17. The molecule has 0 saturated carbocycles. The number of benzene rings is 2. The summed E-state index contributed by atoms with van der Waals surface area (Å²) in [4.78, 5) is 13.2. The number of hydrogen-bond acceptors (Lipinski definition) is 3. The van der Waals surface area contributed by atoms with Crippen LogP contribution in [0.4, 0.5) is 0 Å². The molecule has 0 aliphatic carbocycles. The lowest BCUT2D eigenvalue weighted by atomic mass is 10.1. The van der Waals surface area contributed by atoms with Gasteiger partial charge in [0.05, 0.1) is 30.8 Å². The summed E-state index contributed by atoms with van der Waals surface area (Å²) in [5, 5.41) is 16.3. The van der Waals surface area contributed by atoms with Crippen molar-refractivity contribution in [3.05, 3.63) is 71.4 Å². The highest BCUT2D eigenvalue weighted by molar-refractivity contribution is 6.06. The summed E-state index contributed by atoms with van der Waals surface area (Å²) in [6.07, 6.45) is 0. The lowest BCUT2D eigenvalue weighted by molar-refractivity contribution is 0.0744. The molecule has 1 amide bonds. The van der Waals surface area contributed by atoms with Crippen LogP contribution in [-0.2, 0) is 6.54 Å². The first-order valence-corrected chi connectivity index (χ1v) is 9.01. The van der Waals surface area contributed by atoms with E-state index in [0.29, 0.717) is 12.2 Å². The van der Waals surface area contributed by atoms with Crippen LogP contribution in [0.25, 0.3) is 10.9 Å². The first kappa shape index (κ1) is 17.0. The fourth-order valence-electron chi connectivity index (χ4n) is 3.38. The molecule has 2 aromatic carbocycles. The van der Waals surface area contributed by atoms with E-state index in [1.165, 1.54) is 10.6 Å². The van der Waals surface area contributed by atoms with Gasteiger partial charge in [-0.15, -0.1) is 0 Å². The van der Waals surface area contributed by atoms with E-state index in [-0.39, 0.29) is 18.4 Å². The van der Waals surface area contributed by atoms with E-state index < -0.39 is 0 Å². The summed E-state index contributed by atoms with van der Waals surface area (Å²) in [7, 11) is 0. The summed E-state index contributed by atoms with van der Waals surface area (Å²) in [6.45, 7) is 4.62. The Bertz CT molecular complexity index is 1090. The number of nitriles is 1. The molecule has 0 unspecified atom stereocenters. The highest BCUT2D eigenvalue weighted by Gasteiger charge is 2.27. The van der Waals surface area contributed by atoms with Gasteiger partial charge in [-0.25, -0.2) is 5.01 Å². The van der Waals surface area contributed by atoms with E-state index in [4.69, 9.17) is 0 Å². The van der Waals surface area contributed by atoms with Crippen LogP contribution >= 0.6 is 0 Å². The number of amides is 1. The number of carbonyl (C=O) groups is 1. The minimum atomic E-state index is -0.298. The van der Waals surface area contributed by atoms with Crippen LogP contribution in [-0.4, -0.2) is 27.7 Å². The zero-order valence-corrected chi connectivity index (χ0v) is 15.4. The number of hydrazone groups is 1. The Morgan fingerprint density at radius 1 is 1.19 bits per heavy atom. The third-order valence-corrected chi connectivity index (χ3v) is 4.87. The maximum atomic E-state index is 13.2. The maximum absolute atomic E-state index is 13.2. The maximum Gasteiger partial charge on any atom is 0.290 e. The van der Waals surface area contributed by atoms with Gasteiger partial charge in [0.2, 0.25) is 0 Å². The molecule has 1 aliphatic heterocycles. The van der Waals surface area contributed by atoms with Crippen LogP contribution in [0, 0.1) is 24.2 Å². The van der Waals surface area contributed by atoms with E-state index in [9.17, 15) is 10.1 Å². The monoisotopic (exact) mass is 356 g/mol. The highest BCUT2D eigenvalue weighted by Crippen LogP contribution is 2.25. The van der Waals surface area contributed by atoms with Gasteiger partial charge < -0.3 is 4.57 Å². The van der Waals surface area contributed by atoms with E-state index >= 15 is 0 Å². The van der Waals surface area contributed by atoms with Gasteiger partial charge in [-0.1, -0.05) is 48.0 Å². The Kier molecular flexibility index (Phi) is 4.25. The van der Waals surface area contributed by atoms with Crippen molar-refractivity contribution >= 4 is 22.5 Å². The third kappa shape index (κ3) is 3.11. The number of fused-ring (bicyclic) bond motifs is 3. The van der Waals surface area contributed by atoms with Crippen molar-refractivity contribution in [3.63, 3.8) is 0 Å². The number of carbonyl (C=O) groups excluding carboxylic acids is 1.